The Kier molecular flexibility index (Phi) is 7.37. The number of benzene rings is 3. The summed E-state index contributed by atoms with van der Waals surface area (Å²) in [5, 5.41) is 11.4. The fourth-order valence-corrected chi connectivity index (χ4v) is 2.81. The normalized spacial score (nSPS) is 10.1. The van der Waals surface area contributed by atoms with Gasteiger partial charge in [-0.25, -0.2) is 0 Å². The highest BCUT2D eigenvalue weighted by molar-refractivity contribution is 6.04. The molecule has 7 heteroatoms. The Balaban J connectivity index is 1.54. The molecule has 0 fully saturated rings. The van der Waals surface area contributed by atoms with Gasteiger partial charge < -0.3 is 21.3 Å². The molecular weight excluding hydrogens is 392 g/mol. The van der Waals surface area contributed by atoms with Crippen LogP contribution < -0.4 is 21.3 Å². The highest BCUT2D eigenvalue weighted by Crippen LogP contribution is 2.17. The first kappa shape index (κ1) is 21.6. The maximum atomic E-state index is 12.3. The van der Waals surface area contributed by atoms with Crippen molar-refractivity contribution in [1.29, 1.82) is 0 Å². The van der Waals surface area contributed by atoms with Crippen molar-refractivity contribution in [3.8, 4) is 0 Å². The van der Waals surface area contributed by atoms with Gasteiger partial charge >= 0.3 is 0 Å². The summed E-state index contributed by atoms with van der Waals surface area (Å²) in [6.45, 7) is 1.83. The summed E-state index contributed by atoms with van der Waals surface area (Å²) >= 11 is 0. The van der Waals surface area contributed by atoms with E-state index in [1.807, 2.05) is 12.1 Å². The molecular formula is C24H24N4O3. The number of hydrogen-bond donors (Lipinski definition) is 4. The number of rotatable bonds is 8. The predicted octanol–water partition coefficient (Wildman–Crippen LogP) is 4.34. The van der Waals surface area contributed by atoms with E-state index in [-0.39, 0.29) is 24.3 Å². The summed E-state index contributed by atoms with van der Waals surface area (Å²) in [6, 6.07) is 23.0. The summed E-state index contributed by atoms with van der Waals surface area (Å²) in [5.74, 6) is -0.538. The Morgan fingerprint density at radius 3 is 1.84 bits per heavy atom. The molecule has 0 aliphatic carbocycles. The molecule has 0 unspecified atom stereocenters. The first-order valence-electron chi connectivity index (χ1n) is 9.93. The molecule has 0 heterocycles. The summed E-state index contributed by atoms with van der Waals surface area (Å²) in [5.41, 5.74) is 3.09. The van der Waals surface area contributed by atoms with Crippen molar-refractivity contribution >= 4 is 40.5 Å². The average molecular weight is 416 g/mol. The Labute approximate surface area is 180 Å². The molecule has 0 atom stereocenters. The number of nitrogens with one attached hydrogen (secondary N) is 4. The summed E-state index contributed by atoms with van der Waals surface area (Å²) in [7, 11) is 0. The van der Waals surface area contributed by atoms with Crippen molar-refractivity contribution in [3.05, 3.63) is 84.4 Å². The van der Waals surface area contributed by atoms with Crippen molar-refractivity contribution in [1.82, 2.24) is 0 Å². The lowest BCUT2D eigenvalue weighted by Gasteiger charge is -2.11. The highest BCUT2D eigenvalue weighted by Gasteiger charge is 2.07. The molecule has 3 rings (SSSR count). The molecule has 0 spiro atoms. The van der Waals surface area contributed by atoms with Crippen LogP contribution in [0.1, 0.15) is 23.7 Å². The van der Waals surface area contributed by atoms with Gasteiger partial charge in [0.2, 0.25) is 11.8 Å². The van der Waals surface area contributed by atoms with Gasteiger partial charge in [0.05, 0.1) is 6.54 Å². The smallest absolute Gasteiger partial charge is 0.255 e. The molecule has 3 amide bonds. The van der Waals surface area contributed by atoms with Crippen LogP contribution in [-0.4, -0.2) is 24.3 Å². The van der Waals surface area contributed by atoms with Crippen LogP contribution in [0.3, 0.4) is 0 Å². The molecule has 3 aromatic carbocycles. The van der Waals surface area contributed by atoms with Crippen molar-refractivity contribution in [2.24, 2.45) is 0 Å². The minimum atomic E-state index is -0.241. The molecule has 0 aliphatic heterocycles. The lowest BCUT2D eigenvalue weighted by molar-refractivity contribution is -0.116. The SMILES string of the molecule is CCC(=O)Nc1cccc(NCC(=O)Nc2cccc(NC(=O)c3ccccc3)c2)c1. The molecule has 4 N–H and O–H groups in total. The maximum absolute atomic E-state index is 12.3. The van der Waals surface area contributed by atoms with Crippen LogP contribution in [-0.2, 0) is 9.59 Å². The Morgan fingerprint density at radius 2 is 1.19 bits per heavy atom. The second kappa shape index (κ2) is 10.6. The largest absolute Gasteiger partial charge is 0.376 e. The Hall–Kier alpha value is -4.13. The molecule has 0 aliphatic rings. The monoisotopic (exact) mass is 416 g/mol. The molecule has 0 saturated heterocycles. The van der Waals surface area contributed by atoms with E-state index in [0.717, 1.165) is 0 Å². The fraction of sp³-hybridized carbons (Fsp3) is 0.125. The van der Waals surface area contributed by atoms with Gasteiger partial charge in [0.1, 0.15) is 0 Å². The third-order valence-electron chi connectivity index (χ3n) is 4.36. The summed E-state index contributed by atoms with van der Waals surface area (Å²) in [4.78, 5) is 36.1. The maximum Gasteiger partial charge on any atom is 0.255 e. The van der Waals surface area contributed by atoms with Gasteiger partial charge in [-0.3, -0.25) is 14.4 Å². The number of amides is 3. The molecule has 31 heavy (non-hydrogen) atoms. The van der Waals surface area contributed by atoms with Crippen LogP contribution in [0.2, 0.25) is 0 Å². The third kappa shape index (κ3) is 6.71. The number of anilines is 4. The molecule has 7 nitrogen and oxygen atoms in total. The number of carbonyl (C=O) groups is 3. The third-order valence-corrected chi connectivity index (χ3v) is 4.36. The fourth-order valence-electron chi connectivity index (χ4n) is 2.81. The summed E-state index contributed by atoms with van der Waals surface area (Å²) in [6.07, 6.45) is 0.394. The minimum absolute atomic E-state index is 0.0474. The Morgan fingerprint density at radius 1 is 0.645 bits per heavy atom. The van der Waals surface area contributed by atoms with Crippen LogP contribution in [0.15, 0.2) is 78.9 Å². The van der Waals surface area contributed by atoms with Gasteiger partial charge in [0.25, 0.3) is 5.91 Å². The lowest BCUT2D eigenvalue weighted by atomic mass is 10.2. The second-order valence-electron chi connectivity index (χ2n) is 6.79. The van der Waals surface area contributed by atoms with Crippen molar-refractivity contribution in [2.45, 2.75) is 13.3 Å². The number of carbonyl (C=O) groups excluding carboxylic acids is 3. The van der Waals surface area contributed by atoms with E-state index in [0.29, 0.717) is 34.7 Å². The van der Waals surface area contributed by atoms with E-state index in [2.05, 4.69) is 21.3 Å². The van der Waals surface area contributed by atoms with Gasteiger partial charge in [-0.2, -0.15) is 0 Å². The first-order chi connectivity index (χ1) is 15.0. The van der Waals surface area contributed by atoms with E-state index in [1.165, 1.54) is 0 Å². The van der Waals surface area contributed by atoms with Crippen LogP contribution in [0, 0.1) is 0 Å². The second-order valence-corrected chi connectivity index (χ2v) is 6.79. The van der Waals surface area contributed by atoms with E-state index < -0.39 is 0 Å². The molecule has 0 saturated carbocycles. The van der Waals surface area contributed by atoms with Gasteiger partial charge in [0, 0.05) is 34.7 Å². The van der Waals surface area contributed by atoms with E-state index in [4.69, 9.17) is 0 Å². The number of hydrogen-bond acceptors (Lipinski definition) is 4. The van der Waals surface area contributed by atoms with Crippen LogP contribution in [0.5, 0.6) is 0 Å². The van der Waals surface area contributed by atoms with Gasteiger partial charge in [-0.05, 0) is 48.5 Å². The molecule has 158 valence electrons. The lowest BCUT2D eigenvalue weighted by Crippen LogP contribution is -2.22. The quantitative estimate of drug-likeness (QED) is 0.439. The highest BCUT2D eigenvalue weighted by atomic mass is 16.2. The van der Waals surface area contributed by atoms with Crippen molar-refractivity contribution < 1.29 is 14.4 Å². The molecule has 0 bridgehead atoms. The minimum Gasteiger partial charge on any atom is -0.376 e. The summed E-state index contributed by atoms with van der Waals surface area (Å²) < 4.78 is 0. The Bertz CT molecular complexity index is 1070. The average Bonchev–Trinajstić information content (AvgIpc) is 2.78. The zero-order chi connectivity index (χ0) is 22.1. The molecule has 0 radical (unpaired) electrons. The van der Waals surface area contributed by atoms with E-state index in [9.17, 15) is 14.4 Å². The van der Waals surface area contributed by atoms with Crippen LogP contribution in [0.25, 0.3) is 0 Å². The van der Waals surface area contributed by atoms with E-state index in [1.54, 1.807) is 73.7 Å². The van der Waals surface area contributed by atoms with Gasteiger partial charge in [0.15, 0.2) is 0 Å². The van der Waals surface area contributed by atoms with Crippen molar-refractivity contribution in [2.75, 3.05) is 27.8 Å². The predicted molar refractivity (Wildman–Crippen MR) is 123 cm³/mol. The van der Waals surface area contributed by atoms with E-state index >= 15 is 0 Å². The van der Waals surface area contributed by atoms with Crippen molar-refractivity contribution in [3.63, 3.8) is 0 Å². The zero-order valence-electron chi connectivity index (χ0n) is 17.1. The van der Waals surface area contributed by atoms with Gasteiger partial charge in [-0.15, -0.1) is 0 Å². The molecule has 0 aromatic heterocycles. The first-order valence-corrected chi connectivity index (χ1v) is 9.93. The topological polar surface area (TPSA) is 99.3 Å². The van der Waals surface area contributed by atoms with Crippen LogP contribution >= 0.6 is 0 Å². The standard InChI is InChI=1S/C24H24N4O3/c1-2-22(29)26-19-11-6-10-18(14-19)25-16-23(30)27-20-12-7-13-21(15-20)28-24(31)17-8-4-3-5-9-17/h3-15,25H,2,16H2,1H3,(H,26,29)(H,27,30)(H,28,31). The molecule has 3 aromatic rings. The zero-order valence-corrected chi connectivity index (χ0v) is 17.1. The van der Waals surface area contributed by atoms with Gasteiger partial charge in [-0.1, -0.05) is 37.3 Å². The van der Waals surface area contributed by atoms with Crippen LogP contribution in [0.4, 0.5) is 22.7 Å².